The molecule has 0 aliphatic carbocycles. The van der Waals surface area contributed by atoms with Crippen LogP contribution in [0.3, 0.4) is 0 Å². The normalized spacial score (nSPS) is 24.7. The number of nitrogens with zero attached hydrogens (tertiary/aromatic N) is 1. The molecule has 100 valence electrons. The van der Waals surface area contributed by atoms with Crippen LogP contribution >= 0.6 is 15.9 Å². The van der Waals surface area contributed by atoms with Gasteiger partial charge in [-0.25, -0.2) is 4.39 Å². The monoisotopic (exact) mass is 314 g/mol. The third-order valence-corrected chi connectivity index (χ3v) is 4.03. The largest absolute Gasteiger partial charge is 0.319 e. The quantitative estimate of drug-likeness (QED) is 0.919. The van der Waals surface area contributed by atoms with Gasteiger partial charge in [0, 0.05) is 24.1 Å². The summed E-state index contributed by atoms with van der Waals surface area (Å²) >= 11 is 3.34. The minimum absolute atomic E-state index is 0.170. The molecule has 1 heterocycles. The van der Waals surface area contributed by atoms with Gasteiger partial charge in [-0.15, -0.1) is 0 Å². The van der Waals surface area contributed by atoms with E-state index < -0.39 is 0 Å². The van der Waals surface area contributed by atoms with Gasteiger partial charge < -0.3 is 5.32 Å². The molecule has 0 spiro atoms. The average Bonchev–Trinajstić information content (AvgIpc) is 2.58. The van der Waals surface area contributed by atoms with Gasteiger partial charge in [0.1, 0.15) is 5.82 Å². The van der Waals surface area contributed by atoms with Crippen LogP contribution in [0.5, 0.6) is 0 Å². The van der Waals surface area contributed by atoms with Crippen LogP contribution in [-0.2, 0) is 6.54 Å². The highest BCUT2D eigenvalue weighted by molar-refractivity contribution is 9.10. The minimum Gasteiger partial charge on any atom is -0.319 e. The minimum atomic E-state index is -0.170. The van der Waals surface area contributed by atoms with Crippen LogP contribution in [0.25, 0.3) is 0 Å². The van der Waals surface area contributed by atoms with Crippen molar-refractivity contribution in [2.75, 3.05) is 26.7 Å². The summed E-state index contributed by atoms with van der Waals surface area (Å²) in [6, 6.07) is 5.12. The Morgan fingerprint density at radius 3 is 2.89 bits per heavy atom. The van der Waals surface area contributed by atoms with Crippen molar-refractivity contribution < 1.29 is 4.39 Å². The molecule has 1 N–H and O–H groups in total. The van der Waals surface area contributed by atoms with Crippen molar-refractivity contribution in [2.45, 2.75) is 19.9 Å². The van der Waals surface area contributed by atoms with Crippen molar-refractivity contribution >= 4 is 15.9 Å². The first-order valence-electron chi connectivity index (χ1n) is 6.33. The fourth-order valence-electron chi connectivity index (χ4n) is 2.79. The summed E-state index contributed by atoms with van der Waals surface area (Å²) < 4.78 is 14.1. The van der Waals surface area contributed by atoms with E-state index in [1.165, 1.54) is 12.5 Å². The van der Waals surface area contributed by atoms with Gasteiger partial charge in [0.2, 0.25) is 0 Å². The summed E-state index contributed by atoms with van der Waals surface area (Å²) in [5.74, 6) is -0.170. The molecular weight excluding hydrogens is 295 g/mol. The number of likely N-dealkylation sites (tertiary alicyclic amines) is 1. The van der Waals surface area contributed by atoms with Crippen molar-refractivity contribution in [2.24, 2.45) is 5.41 Å². The molecule has 0 bridgehead atoms. The zero-order valence-corrected chi connectivity index (χ0v) is 12.6. The molecule has 0 radical (unpaired) electrons. The predicted octanol–water partition coefficient (Wildman–Crippen LogP) is 3.02. The summed E-state index contributed by atoms with van der Waals surface area (Å²) in [7, 11) is 2.00. The molecule has 1 aliphatic heterocycles. The first-order valence-corrected chi connectivity index (χ1v) is 7.12. The summed E-state index contributed by atoms with van der Waals surface area (Å²) in [6.45, 7) is 6.34. The van der Waals surface area contributed by atoms with Crippen molar-refractivity contribution in [1.29, 1.82) is 0 Å². The molecule has 1 aliphatic rings. The lowest BCUT2D eigenvalue weighted by molar-refractivity contribution is 0.265. The second-order valence-electron chi connectivity index (χ2n) is 5.58. The Kier molecular flexibility index (Phi) is 4.41. The molecule has 0 aromatic heterocycles. The third kappa shape index (κ3) is 3.53. The van der Waals surface area contributed by atoms with Crippen LogP contribution in [0.15, 0.2) is 22.7 Å². The fourth-order valence-corrected chi connectivity index (χ4v) is 3.31. The van der Waals surface area contributed by atoms with E-state index >= 15 is 0 Å². The molecule has 1 aromatic rings. The number of benzene rings is 1. The van der Waals surface area contributed by atoms with Gasteiger partial charge in [0.25, 0.3) is 0 Å². The lowest BCUT2D eigenvalue weighted by atomic mass is 9.90. The first kappa shape index (κ1) is 14.0. The molecule has 1 aromatic carbocycles. The third-order valence-electron chi connectivity index (χ3n) is 3.57. The van der Waals surface area contributed by atoms with Gasteiger partial charge in [-0.1, -0.05) is 22.9 Å². The molecule has 2 rings (SSSR count). The summed E-state index contributed by atoms with van der Waals surface area (Å²) in [4.78, 5) is 2.40. The van der Waals surface area contributed by atoms with Gasteiger partial charge in [-0.2, -0.15) is 0 Å². The van der Waals surface area contributed by atoms with Crippen molar-refractivity contribution in [3.63, 3.8) is 0 Å². The Balaban J connectivity index is 1.99. The molecule has 0 saturated carbocycles. The zero-order valence-electron chi connectivity index (χ0n) is 11.0. The van der Waals surface area contributed by atoms with Gasteiger partial charge in [0.05, 0.1) is 0 Å². The lowest BCUT2D eigenvalue weighted by Gasteiger charge is -2.24. The van der Waals surface area contributed by atoms with Gasteiger partial charge in [-0.05, 0) is 49.2 Å². The van der Waals surface area contributed by atoms with Gasteiger partial charge in [0.15, 0.2) is 0 Å². The highest BCUT2D eigenvalue weighted by Gasteiger charge is 2.32. The van der Waals surface area contributed by atoms with E-state index in [4.69, 9.17) is 0 Å². The second kappa shape index (κ2) is 5.68. The predicted molar refractivity (Wildman–Crippen MR) is 76.0 cm³/mol. The van der Waals surface area contributed by atoms with Crippen molar-refractivity contribution in [3.8, 4) is 0 Å². The van der Waals surface area contributed by atoms with Crippen molar-refractivity contribution in [1.82, 2.24) is 10.2 Å². The molecule has 2 nitrogen and oxygen atoms in total. The molecule has 1 unspecified atom stereocenters. The highest BCUT2D eigenvalue weighted by Crippen LogP contribution is 2.30. The maximum atomic E-state index is 13.3. The van der Waals surface area contributed by atoms with E-state index in [2.05, 4.69) is 33.1 Å². The standard InChI is InChI=1S/C14H20BrFN2/c1-14(9-17-2)3-4-18(10-14)8-11-5-12(15)7-13(16)6-11/h5-7,17H,3-4,8-10H2,1-2H3. The molecule has 4 heteroatoms. The zero-order chi connectivity index (χ0) is 13.2. The van der Waals surface area contributed by atoms with Crippen LogP contribution < -0.4 is 5.32 Å². The Morgan fingerprint density at radius 1 is 1.44 bits per heavy atom. The van der Waals surface area contributed by atoms with Crippen LogP contribution in [0.4, 0.5) is 4.39 Å². The Hall–Kier alpha value is -0.450. The van der Waals surface area contributed by atoms with Crippen LogP contribution in [0, 0.1) is 11.2 Å². The summed E-state index contributed by atoms with van der Waals surface area (Å²) in [5.41, 5.74) is 1.38. The van der Waals surface area contributed by atoms with Gasteiger partial charge in [-0.3, -0.25) is 4.90 Å². The van der Waals surface area contributed by atoms with E-state index in [1.54, 1.807) is 6.07 Å². The average molecular weight is 315 g/mol. The van der Waals surface area contributed by atoms with Gasteiger partial charge >= 0.3 is 0 Å². The molecule has 1 atom stereocenters. The smallest absolute Gasteiger partial charge is 0.124 e. The van der Waals surface area contributed by atoms with E-state index in [0.29, 0.717) is 5.41 Å². The molecule has 1 saturated heterocycles. The number of nitrogens with one attached hydrogen (secondary N) is 1. The van der Waals surface area contributed by atoms with E-state index in [9.17, 15) is 4.39 Å². The van der Waals surface area contributed by atoms with Crippen molar-refractivity contribution in [3.05, 3.63) is 34.1 Å². The molecule has 18 heavy (non-hydrogen) atoms. The van der Waals surface area contributed by atoms with E-state index in [1.807, 2.05) is 13.1 Å². The number of halogens is 2. The SMILES string of the molecule is CNCC1(C)CCN(Cc2cc(F)cc(Br)c2)C1. The topological polar surface area (TPSA) is 15.3 Å². The molecule has 0 amide bonds. The highest BCUT2D eigenvalue weighted by atomic mass is 79.9. The Morgan fingerprint density at radius 2 is 2.22 bits per heavy atom. The summed E-state index contributed by atoms with van der Waals surface area (Å²) in [5, 5.41) is 3.26. The summed E-state index contributed by atoms with van der Waals surface area (Å²) in [6.07, 6.45) is 1.20. The Bertz CT molecular complexity index is 404. The number of rotatable bonds is 4. The Labute approximate surface area is 117 Å². The second-order valence-corrected chi connectivity index (χ2v) is 6.50. The number of hydrogen-bond acceptors (Lipinski definition) is 2. The fraction of sp³-hybridized carbons (Fsp3) is 0.571. The first-order chi connectivity index (χ1) is 8.50. The van der Waals surface area contributed by atoms with Crippen LogP contribution in [-0.4, -0.2) is 31.6 Å². The molecule has 1 fully saturated rings. The maximum absolute atomic E-state index is 13.3. The van der Waals surface area contributed by atoms with E-state index in [0.717, 1.165) is 36.2 Å². The van der Waals surface area contributed by atoms with Crippen LogP contribution in [0.1, 0.15) is 18.9 Å². The number of hydrogen-bond donors (Lipinski definition) is 1. The maximum Gasteiger partial charge on any atom is 0.124 e. The van der Waals surface area contributed by atoms with Crippen LogP contribution in [0.2, 0.25) is 0 Å². The van der Waals surface area contributed by atoms with E-state index in [-0.39, 0.29) is 5.82 Å². The molecular formula is C14H20BrFN2. The lowest BCUT2D eigenvalue weighted by Crippen LogP contribution is -2.32.